The summed E-state index contributed by atoms with van der Waals surface area (Å²) in [5, 5.41) is 2.44. The molecule has 0 fully saturated rings. The first-order valence-corrected chi connectivity index (χ1v) is 11.2. The minimum absolute atomic E-state index is 0.705. The van der Waals surface area contributed by atoms with Gasteiger partial charge in [-0.1, -0.05) is 48.5 Å². The minimum atomic E-state index is 0.705. The minimum Gasteiger partial charge on any atom is -0.399 e. The molecule has 0 saturated heterocycles. The van der Waals surface area contributed by atoms with Crippen LogP contribution in [0.1, 0.15) is 0 Å². The average molecular weight is 441 g/mol. The highest BCUT2D eigenvalue weighted by molar-refractivity contribution is 6.10. The highest BCUT2D eigenvalue weighted by Crippen LogP contribution is 2.36. The number of nitrogens with zero attached hydrogens (tertiary/aromatic N) is 1. The van der Waals surface area contributed by atoms with Gasteiger partial charge in [-0.3, -0.25) is 0 Å². The smallest absolute Gasteiger partial charge is 0.0541 e. The Bertz CT molecular complexity index is 1660. The second kappa shape index (κ2) is 7.71. The zero-order valence-corrected chi connectivity index (χ0v) is 18.6. The third kappa shape index (κ3) is 3.24. The maximum absolute atomic E-state index is 6.18. The molecule has 6 N–H and O–H groups in total. The van der Waals surface area contributed by atoms with Gasteiger partial charge < -0.3 is 21.8 Å². The van der Waals surface area contributed by atoms with E-state index in [9.17, 15) is 0 Å². The van der Waals surface area contributed by atoms with Crippen LogP contribution in [0.4, 0.5) is 17.1 Å². The van der Waals surface area contributed by atoms with Gasteiger partial charge in [0, 0.05) is 39.1 Å². The molecular weight excluding hydrogens is 416 g/mol. The molecule has 0 saturated carbocycles. The Morgan fingerprint density at radius 1 is 0.471 bits per heavy atom. The van der Waals surface area contributed by atoms with Crippen LogP contribution in [0.2, 0.25) is 0 Å². The van der Waals surface area contributed by atoms with Crippen molar-refractivity contribution in [3.05, 3.63) is 109 Å². The molecule has 6 rings (SSSR count). The third-order valence-corrected chi connectivity index (χ3v) is 6.43. The van der Waals surface area contributed by atoms with E-state index in [1.54, 1.807) is 0 Å². The highest BCUT2D eigenvalue weighted by Gasteiger charge is 2.13. The summed E-state index contributed by atoms with van der Waals surface area (Å²) in [6.45, 7) is 0. The van der Waals surface area contributed by atoms with Crippen LogP contribution in [0, 0.1) is 0 Å². The second-order valence-corrected chi connectivity index (χ2v) is 8.60. The number of fused-ring (bicyclic) bond motifs is 3. The van der Waals surface area contributed by atoms with Gasteiger partial charge in [-0.05, 0) is 77.4 Å². The zero-order chi connectivity index (χ0) is 23.2. The molecule has 0 aliphatic rings. The fourth-order valence-corrected chi connectivity index (χ4v) is 4.72. The number of hydrogen-bond donors (Lipinski definition) is 3. The summed E-state index contributed by atoms with van der Waals surface area (Å²) < 4.78 is 2.29. The lowest BCUT2D eigenvalue weighted by atomic mass is 9.98. The number of benzene rings is 5. The van der Waals surface area contributed by atoms with Crippen LogP contribution < -0.4 is 17.2 Å². The lowest BCUT2D eigenvalue weighted by molar-refractivity contribution is 1.18. The molecule has 1 heterocycles. The van der Waals surface area contributed by atoms with Gasteiger partial charge in [-0.25, -0.2) is 0 Å². The maximum atomic E-state index is 6.18. The van der Waals surface area contributed by atoms with Crippen molar-refractivity contribution in [3.63, 3.8) is 0 Å². The van der Waals surface area contributed by atoms with Gasteiger partial charge in [0.05, 0.1) is 11.0 Å². The van der Waals surface area contributed by atoms with Crippen LogP contribution in [0.15, 0.2) is 109 Å². The number of para-hydroxylation sites is 1. The van der Waals surface area contributed by atoms with Crippen LogP contribution in [0.25, 0.3) is 49.7 Å². The zero-order valence-electron chi connectivity index (χ0n) is 18.6. The van der Waals surface area contributed by atoms with Crippen LogP contribution in [-0.4, -0.2) is 4.57 Å². The Kier molecular flexibility index (Phi) is 4.52. The SMILES string of the molecule is Nc1ccc(-n2c3ccccc3c3cc(-c4ccc(-c5cc(N)ccc5N)cc4)ccc32)cc1. The number of nitrogens with two attached hydrogens (primary N) is 3. The number of rotatable bonds is 3. The number of anilines is 3. The monoisotopic (exact) mass is 440 g/mol. The van der Waals surface area contributed by atoms with Crippen molar-refractivity contribution in [1.29, 1.82) is 0 Å². The van der Waals surface area contributed by atoms with Crippen molar-refractivity contribution < 1.29 is 0 Å². The molecule has 0 aliphatic heterocycles. The largest absolute Gasteiger partial charge is 0.399 e. The average Bonchev–Trinajstić information content (AvgIpc) is 3.20. The first kappa shape index (κ1) is 19.9. The summed E-state index contributed by atoms with van der Waals surface area (Å²) in [5.74, 6) is 0. The Morgan fingerprint density at radius 2 is 1.12 bits per heavy atom. The van der Waals surface area contributed by atoms with E-state index in [0.29, 0.717) is 5.69 Å². The summed E-state index contributed by atoms with van der Waals surface area (Å²) >= 11 is 0. The Hall–Kier alpha value is -4.70. The molecule has 1 aromatic heterocycles. The van der Waals surface area contributed by atoms with Gasteiger partial charge in [0.15, 0.2) is 0 Å². The molecular formula is C30H24N4. The van der Waals surface area contributed by atoms with Crippen molar-refractivity contribution in [1.82, 2.24) is 4.57 Å². The lowest BCUT2D eigenvalue weighted by Crippen LogP contribution is -1.94. The molecule has 0 amide bonds. The summed E-state index contributed by atoms with van der Waals surface area (Å²) in [6.07, 6.45) is 0. The van der Waals surface area contributed by atoms with E-state index in [-0.39, 0.29) is 0 Å². The maximum Gasteiger partial charge on any atom is 0.0541 e. The Labute approximate surface area is 197 Å². The predicted octanol–water partition coefficient (Wildman–Crippen LogP) is 6.86. The van der Waals surface area contributed by atoms with Gasteiger partial charge in [0.1, 0.15) is 0 Å². The summed E-state index contributed by atoms with van der Waals surface area (Å²) in [4.78, 5) is 0. The molecule has 0 unspecified atom stereocenters. The van der Waals surface area contributed by atoms with Gasteiger partial charge in [-0.15, -0.1) is 0 Å². The third-order valence-electron chi connectivity index (χ3n) is 6.43. The summed E-state index contributed by atoms with van der Waals surface area (Å²) in [6, 6.07) is 37.2. The van der Waals surface area contributed by atoms with E-state index >= 15 is 0 Å². The van der Waals surface area contributed by atoms with Crippen LogP contribution >= 0.6 is 0 Å². The molecule has 4 heteroatoms. The molecule has 5 aromatic carbocycles. The fourth-order valence-electron chi connectivity index (χ4n) is 4.72. The predicted molar refractivity (Wildman–Crippen MR) is 145 cm³/mol. The Balaban J connectivity index is 1.48. The van der Waals surface area contributed by atoms with Gasteiger partial charge in [0.25, 0.3) is 0 Å². The van der Waals surface area contributed by atoms with Gasteiger partial charge in [0.2, 0.25) is 0 Å². The van der Waals surface area contributed by atoms with Gasteiger partial charge >= 0.3 is 0 Å². The standard InChI is InChI=1S/C30H24N4/c31-22-10-13-24(14-11-22)34-29-4-2-1-3-25(29)27-17-21(9-16-30(27)34)19-5-7-20(8-6-19)26-18-23(32)12-15-28(26)33/h1-18H,31-33H2. The molecule has 34 heavy (non-hydrogen) atoms. The molecule has 0 radical (unpaired) electrons. The molecule has 4 nitrogen and oxygen atoms in total. The van der Waals surface area contributed by atoms with Gasteiger partial charge in [-0.2, -0.15) is 0 Å². The fraction of sp³-hybridized carbons (Fsp3) is 0. The van der Waals surface area contributed by atoms with E-state index in [0.717, 1.165) is 33.8 Å². The first-order chi connectivity index (χ1) is 16.6. The molecule has 164 valence electrons. The molecule has 6 aromatic rings. The Morgan fingerprint density at radius 3 is 1.91 bits per heavy atom. The van der Waals surface area contributed by atoms with Crippen molar-refractivity contribution in [2.24, 2.45) is 0 Å². The van der Waals surface area contributed by atoms with E-state index < -0.39 is 0 Å². The molecule has 0 spiro atoms. The van der Waals surface area contributed by atoms with Crippen LogP contribution in [-0.2, 0) is 0 Å². The van der Waals surface area contributed by atoms with Crippen molar-refractivity contribution >= 4 is 38.9 Å². The molecule has 0 atom stereocenters. The summed E-state index contributed by atoms with van der Waals surface area (Å²) in [7, 11) is 0. The van der Waals surface area contributed by atoms with Crippen molar-refractivity contribution in [2.75, 3.05) is 17.2 Å². The second-order valence-electron chi connectivity index (χ2n) is 8.60. The topological polar surface area (TPSA) is 83.0 Å². The number of hydrogen-bond acceptors (Lipinski definition) is 3. The van der Waals surface area contributed by atoms with Crippen molar-refractivity contribution in [3.8, 4) is 27.9 Å². The molecule has 0 aliphatic carbocycles. The summed E-state index contributed by atoms with van der Waals surface area (Å²) in [5.41, 5.74) is 28.0. The van der Waals surface area contributed by atoms with Crippen LogP contribution in [0.3, 0.4) is 0 Å². The van der Waals surface area contributed by atoms with Crippen molar-refractivity contribution in [2.45, 2.75) is 0 Å². The van der Waals surface area contributed by atoms with E-state index in [1.807, 2.05) is 30.3 Å². The highest BCUT2D eigenvalue weighted by atomic mass is 15.0. The van der Waals surface area contributed by atoms with E-state index in [4.69, 9.17) is 17.2 Å². The van der Waals surface area contributed by atoms with E-state index in [1.165, 1.54) is 27.4 Å². The molecule has 0 bridgehead atoms. The van der Waals surface area contributed by atoms with Crippen LogP contribution in [0.5, 0.6) is 0 Å². The normalized spacial score (nSPS) is 11.3. The van der Waals surface area contributed by atoms with E-state index in [2.05, 4.69) is 83.4 Å². The first-order valence-electron chi connectivity index (χ1n) is 11.2. The quantitative estimate of drug-likeness (QED) is 0.263. The lowest BCUT2D eigenvalue weighted by Gasteiger charge is -2.10. The number of nitrogen functional groups attached to an aromatic ring is 3. The number of aromatic nitrogens is 1.